The molecule has 0 aliphatic heterocycles. The van der Waals surface area contributed by atoms with Gasteiger partial charge in [-0.1, -0.05) is 24.8 Å². The van der Waals surface area contributed by atoms with E-state index in [4.69, 9.17) is 0 Å². The molecule has 1 rings (SSSR count). The lowest BCUT2D eigenvalue weighted by Crippen LogP contribution is -1.82. The van der Waals surface area contributed by atoms with Crippen LogP contribution in [0.15, 0.2) is 24.8 Å². The monoisotopic (exact) mass is 190 g/mol. The van der Waals surface area contributed by atoms with E-state index in [0.29, 0.717) is 17.4 Å². The number of rotatable bonds is 3. The van der Waals surface area contributed by atoms with Gasteiger partial charge in [0.25, 0.3) is 0 Å². The van der Waals surface area contributed by atoms with Crippen LogP contribution in [-0.4, -0.2) is 16.5 Å². The second-order valence-corrected chi connectivity index (χ2v) is 2.64. The van der Waals surface area contributed by atoms with Crippen molar-refractivity contribution in [2.24, 2.45) is 0 Å². The van der Waals surface area contributed by atoms with Crippen molar-refractivity contribution in [1.29, 1.82) is 0 Å². The Kier molecular flexibility index (Phi) is 3.07. The molecule has 0 spiro atoms. The quantitative estimate of drug-likeness (QED) is 0.435. The zero-order valence-electron chi connectivity index (χ0n) is 7.47. The first-order chi connectivity index (χ1) is 6.70. The van der Waals surface area contributed by atoms with E-state index in [1.165, 1.54) is 24.3 Å². The van der Waals surface area contributed by atoms with E-state index in [1.54, 1.807) is 6.07 Å². The lowest BCUT2D eigenvalue weighted by Gasteiger charge is -2.05. The highest BCUT2D eigenvalue weighted by Crippen LogP contribution is 2.32. The van der Waals surface area contributed by atoms with Crippen LogP contribution in [0.5, 0.6) is 11.5 Å². The summed E-state index contributed by atoms with van der Waals surface area (Å²) in [7, 11) is 0. The topological polar surface area (TPSA) is 57.5 Å². The molecule has 3 heteroatoms. The maximum absolute atomic E-state index is 10.1. The molecular weight excluding hydrogens is 180 g/mol. The summed E-state index contributed by atoms with van der Waals surface area (Å²) in [5.74, 6) is -0.434. The van der Waals surface area contributed by atoms with Crippen molar-refractivity contribution in [3.63, 3.8) is 0 Å². The maximum atomic E-state index is 10.1. The summed E-state index contributed by atoms with van der Waals surface area (Å²) in [6, 6.07) is 2.94. The molecule has 1 aromatic rings. The summed E-state index contributed by atoms with van der Waals surface area (Å²) in [6.07, 6.45) is 4.89. The minimum Gasteiger partial charge on any atom is -0.504 e. The first-order valence-corrected chi connectivity index (χ1v) is 4.00. The van der Waals surface area contributed by atoms with Crippen LogP contribution in [-0.2, 0) is 4.79 Å². The molecule has 0 unspecified atom stereocenters. The van der Waals surface area contributed by atoms with E-state index in [1.807, 2.05) is 0 Å². The Morgan fingerprint density at radius 1 is 1.29 bits per heavy atom. The normalized spacial score (nSPS) is 10.3. The molecule has 0 saturated carbocycles. The molecule has 0 bridgehead atoms. The molecule has 0 aliphatic rings. The van der Waals surface area contributed by atoms with Gasteiger partial charge in [0.15, 0.2) is 11.5 Å². The van der Waals surface area contributed by atoms with E-state index >= 15 is 0 Å². The molecule has 72 valence electrons. The fraction of sp³-hybridized carbons (Fsp3) is 0. The Balaban J connectivity index is 3.30. The minimum absolute atomic E-state index is 0.205. The number of benzene rings is 1. The van der Waals surface area contributed by atoms with Gasteiger partial charge in [0.1, 0.15) is 6.29 Å². The van der Waals surface area contributed by atoms with Gasteiger partial charge >= 0.3 is 0 Å². The Bertz CT molecular complexity index is 392. The third-order valence-corrected chi connectivity index (χ3v) is 1.79. The number of hydrogen-bond donors (Lipinski definition) is 2. The van der Waals surface area contributed by atoms with Gasteiger partial charge in [0.2, 0.25) is 0 Å². The van der Waals surface area contributed by atoms with Crippen molar-refractivity contribution >= 4 is 18.4 Å². The molecular formula is C11H10O3. The summed E-state index contributed by atoms with van der Waals surface area (Å²) in [5, 5.41) is 18.6. The zero-order chi connectivity index (χ0) is 10.6. The van der Waals surface area contributed by atoms with Crippen LogP contribution in [0, 0.1) is 0 Å². The fourth-order valence-electron chi connectivity index (χ4n) is 1.11. The molecule has 0 radical (unpaired) electrons. The van der Waals surface area contributed by atoms with E-state index < -0.39 is 0 Å². The standard InChI is InChI=1S/C11H10O3/c1-2-9-8(4-3-7-12)5-6-10(13)11(9)14/h2-7,13-14H,1H2/b4-3+. The van der Waals surface area contributed by atoms with Crippen molar-refractivity contribution in [2.45, 2.75) is 0 Å². The number of aldehydes is 1. The van der Waals surface area contributed by atoms with E-state index in [9.17, 15) is 15.0 Å². The Labute approximate surface area is 81.6 Å². The van der Waals surface area contributed by atoms with Crippen molar-refractivity contribution in [3.05, 3.63) is 35.9 Å². The first kappa shape index (κ1) is 10.1. The van der Waals surface area contributed by atoms with Crippen molar-refractivity contribution in [2.75, 3.05) is 0 Å². The van der Waals surface area contributed by atoms with E-state index in [2.05, 4.69) is 6.58 Å². The number of phenols is 2. The van der Waals surface area contributed by atoms with Gasteiger partial charge in [-0.25, -0.2) is 0 Å². The Morgan fingerprint density at radius 3 is 2.57 bits per heavy atom. The third kappa shape index (κ3) is 1.82. The van der Waals surface area contributed by atoms with Crippen molar-refractivity contribution < 1.29 is 15.0 Å². The predicted molar refractivity (Wildman–Crippen MR) is 55.0 cm³/mol. The van der Waals surface area contributed by atoms with Crippen LogP contribution in [0.25, 0.3) is 12.2 Å². The van der Waals surface area contributed by atoms with Crippen molar-refractivity contribution in [3.8, 4) is 11.5 Å². The maximum Gasteiger partial charge on any atom is 0.165 e. The average Bonchev–Trinajstić information content (AvgIpc) is 2.20. The molecule has 0 saturated heterocycles. The average molecular weight is 190 g/mol. The summed E-state index contributed by atoms with van der Waals surface area (Å²) in [6.45, 7) is 3.51. The number of carbonyl (C=O) groups is 1. The van der Waals surface area contributed by atoms with Crippen molar-refractivity contribution in [1.82, 2.24) is 0 Å². The van der Waals surface area contributed by atoms with Gasteiger partial charge in [0.05, 0.1) is 0 Å². The minimum atomic E-state index is -0.229. The third-order valence-electron chi connectivity index (χ3n) is 1.79. The molecule has 0 fully saturated rings. The first-order valence-electron chi connectivity index (χ1n) is 4.00. The Morgan fingerprint density at radius 2 is 2.00 bits per heavy atom. The molecule has 2 N–H and O–H groups in total. The van der Waals surface area contributed by atoms with Gasteiger partial charge < -0.3 is 10.2 Å². The highest BCUT2D eigenvalue weighted by Gasteiger charge is 2.06. The van der Waals surface area contributed by atoms with Gasteiger partial charge in [-0.15, -0.1) is 0 Å². The van der Waals surface area contributed by atoms with Crippen LogP contribution >= 0.6 is 0 Å². The summed E-state index contributed by atoms with van der Waals surface area (Å²) < 4.78 is 0. The highest BCUT2D eigenvalue weighted by atomic mass is 16.3. The van der Waals surface area contributed by atoms with Crippen LogP contribution in [0.1, 0.15) is 11.1 Å². The number of allylic oxidation sites excluding steroid dienone is 1. The molecule has 0 aromatic heterocycles. The fourth-order valence-corrected chi connectivity index (χ4v) is 1.11. The molecule has 0 amide bonds. The molecule has 0 aliphatic carbocycles. The number of phenolic OH excluding ortho intramolecular Hbond substituents is 2. The highest BCUT2D eigenvalue weighted by molar-refractivity contribution is 5.79. The van der Waals surface area contributed by atoms with Crippen LogP contribution in [0.3, 0.4) is 0 Å². The molecule has 0 heterocycles. The van der Waals surface area contributed by atoms with Gasteiger partial charge in [-0.05, 0) is 17.7 Å². The van der Waals surface area contributed by atoms with Gasteiger partial charge in [-0.3, -0.25) is 4.79 Å². The van der Waals surface area contributed by atoms with Crippen LogP contribution in [0.2, 0.25) is 0 Å². The van der Waals surface area contributed by atoms with E-state index in [-0.39, 0.29) is 11.5 Å². The molecule has 1 aromatic carbocycles. The van der Waals surface area contributed by atoms with Gasteiger partial charge in [-0.2, -0.15) is 0 Å². The van der Waals surface area contributed by atoms with E-state index in [0.717, 1.165) is 0 Å². The summed E-state index contributed by atoms with van der Waals surface area (Å²) in [5.41, 5.74) is 1.03. The number of carbonyl (C=O) groups excluding carboxylic acids is 1. The second-order valence-electron chi connectivity index (χ2n) is 2.64. The predicted octanol–water partition coefficient (Wildman–Crippen LogP) is 1.95. The smallest absolute Gasteiger partial charge is 0.165 e. The number of aromatic hydroxyl groups is 2. The summed E-state index contributed by atoms with van der Waals surface area (Å²) >= 11 is 0. The summed E-state index contributed by atoms with van der Waals surface area (Å²) in [4.78, 5) is 10.1. The molecule has 0 atom stereocenters. The number of hydrogen-bond acceptors (Lipinski definition) is 3. The Hall–Kier alpha value is -2.03. The van der Waals surface area contributed by atoms with Gasteiger partial charge in [0, 0.05) is 5.56 Å². The molecule has 14 heavy (non-hydrogen) atoms. The second kappa shape index (κ2) is 4.28. The SMILES string of the molecule is C=Cc1c(/C=C/C=O)ccc(O)c1O. The van der Waals surface area contributed by atoms with Crippen LogP contribution < -0.4 is 0 Å². The zero-order valence-corrected chi connectivity index (χ0v) is 7.47. The lowest BCUT2D eigenvalue weighted by molar-refractivity contribution is -0.104. The lowest BCUT2D eigenvalue weighted by atomic mass is 10.1. The molecule has 3 nitrogen and oxygen atoms in total. The van der Waals surface area contributed by atoms with Crippen LogP contribution in [0.4, 0.5) is 0 Å². The largest absolute Gasteiger partial charge is 0.504 e.